The second kappa shape index (κ2) is 8.75. The number of allylic oxidation sites excluding steroid dienone is 2. The molecule has 0 amide bonds. The van der Waals surface area contributed by atoms with Gasteiger partial charge in [-0.2, -0.15) is 0 Å². The molecule has 0 spiro atoms. The molecule has 0 aliphatic carbocycles. The fourth-order valence-corrected chi connectivity index (χ4v) is 3.68. The molecule has 2 rings (SSSR count). The number of aldehydes is 1. The van der Waals surface area contributed by atoms with Crippen molar-refractivity contribution in [1.29, 1.82) is 0 Å². The molecule has 2 heteroatoms. The molecule has 2 aromatic carbocycles. The first-order chi connectivity index (χ1) is 12.3. The smallest absolute Gasteiger partial charge is 0.186 e. The fourth-order valence-electron chi connectivity index (χ4n) is 3.68. The number of aryl methyl sites for hydroxylation is 4. The molecule has 2 atom stereocenters. The molecule has 0 aliphatic rings. The van der Waals surface area contributed by atoms with Crippen molar-refractivity contribution in [3.8, 4) is 0 Å². The van der Waals surface area contributed by atoms with E-state index in [1.54, 1.807) is 6.08 Å². The van der Waals surface area contributed by atoms with E-state index >= 15 is 0 Å². The largest absolute Gasteiger partial charge is 0.303 e. The number of carbonyl (C=O) groups is 2. The minimum absolute atomic E-state index is 0.0287. The van der Waals surface area contributed by atoms with Crippen LogP contribution in [0.3, 0.4) is 0 Å². The van der Waals surface area contributed by atoms with Crippen molar-refractivity contribution in [3.63, 3.8) is 0 Å². The summed E-state index contributed by atoms with van der Waals surface area (Å²) < 4.78 is 0. The zero-order valence-electron chi connectivity index (χ0n) is 16.4. The number of benzene rings is 2. The summed E-state index contributed by atoms with van der Waals surface area (Å²) in [4.78, 5) is 23.9. The van der Waals surface area contributed by atoms with Crippen LogP contribution in [0.15, 0.2) is 48.6 Å². The molecule has 0 radical (unpaired) electrons. The Morgan fingerprint density at radius 1 is 1.00 bits per heavy atom. The Kier molecular flexibility index (Phi) is 6.68. The number of carbonyl (C=O) groups excluding carboxylic acids is 2. The second-order valence-electron chi connectivity index (χ2n) is 7.28. The summed E-state index contributed by atoms with van der Waals surface area (Å²) in [5.74, 6) is 0.203. The Balaban J connectivity index is 2.24. The van der Waals surface area contributed by atoms with Crippen LogP contribution in [-0.4, -0.2) is 12.1 Å². The Hall–Kier alpha value is -2.48. The van der Waals surface area contributed by atoms with Crippen LogP contribution in [-0.2, 0) is 4.79 Å². The van der Waals surface area contributed by atoms with Crippen LogP contribution in [0.5, 0.6) is 0 Å². The molecule has 2 nitrogen and oxygen atoms in total. The van der Waals surface area contributed by atoms with Crippen molar-refractivity contribution >= 4 is 12.1 Å². The van der Waals surface area contributed by atoms with Crippen LogP contribution < -0.4 is 0 Å². The first-order valence-electron chi connectivity index (χ1n) is 9.14. The third kappa shape index (κ3) is 4.78. The molecule has 0 aliphatic heterocycles. The van der Waals surface area contributed by atoms with E-state index in [0.29, 0.717) is 6.42 Å². The van der Waals surface area contributed by atoms with Gasteiger partial charge < -0.3 is 4.79 Å². The molecular weight excluding hydrogens is 320 g/mol. The van der Waals surface area contributed by atoms with Crippen molar-refractivity contribution in [2.45, 2.75) is 47.0 Å². The Labute approximate surface area is 157 Å². The van der Waals surface area contributed by atoms with Crippen LogP contribution in [0, 0.1) is 33.6 Å². The molecule has 26 heavy (non-hydrogen) atoms. The van der Waals surface area contributed by atoms with Crippen molar-refractivity contribution in [2.75, 3.05) is 0 Å². The minimum atomic E-state index is 0.0287. The number of hydrogen-bond acceptors (Lipinski definition) is 2. The summed E-state index contributed by atoms with van der Waals surface area (Å²) in [7, 11) is 0. The second-order valence-corrected chi connectivity index (χ2v) is 7.28. The van der Waals surface area contributed by atoms with Crippen LogP contribution in [0.2, 0.25) is 0 Å². The lowest BCUT2D eigenvalue weighted by Crippen LogP contribution is -2.10. The van der Waals surface area contributed by atoms with E-state index in [-0.39, 0.29) is 17.6 Å². The molecule has 2 unspecified atom stereocenters. The van der Waals surface area contributed by atoms with Gasteiger partial charge in [-0.3, -0.25) is 4.79 Å². The SMILES string of the molecule is Cc1cccc(C(CC=O)C(C)/C=C/C(=O)c2c(C)cc(C)cc2C)c1. The molecule has 0 N–H and O–H groups in total. The maximum Gasteiger partial charge on any atom is 0.186 e. The summed E-state index contributed by atoms with van der Waals surface area (Å²) in [5, 5.41) is 0. The van der Waals surface area contributed by atoms with E-state index in [9.17, 15) is 9.59 Å². The summed E-state index contributed by atoms with van der Waals surface area (Å²) in [6.45, 7) is 10.1. The summed E-state index contributed by atoms with van der Waals surface area (Å²) in [6.07, 6.45) is 5.03. The average Bonchev–Trinajstić information content (AvgIpc) is 2.56. The summed E-state index contributed by atoms with van der Waals surface area (Å²) in [5.41, 5.74) is 6.28. The van der Waals surface area contributed by atoms with Gasteiger partial charge in [0, 0.05) is 12.0 Å². The van der Waals surface area contributed by atoms with E-state index < -0.39 is 0 Å². The van der Waals surface area contributed by atoms with Crippen LogP contribution >= 0.6 is 0 Å². The third-order valence-corrected chi connectivity index (χ3v) is 4.93. The first-order valence-corrected chi connectivity index (χ1v) is 9.14. The van der Waals surface area contributed by atoms with Crippen LogP contribution in [0.25, 0.3) is 0 Å². The Bertz CT molecular complexity index is 807. The highest BCUT2D eigenvalue weighted by molar-refractivity contribution is 6.06. The van der Waals surface area contributed by atoms with Crippen molar-refractivity contribution in [2.24, 2.45) is 5.92 Å². The minimum Gasteiger partial charge on any atom is -0.303 e. The fraction of sp³-hybridized carbons (Fsp3) is 0.333. The zero-order chi connectivity index (χ0) is 19.3. The maximum absolute atomic E-state index is 12.7. The molecule has 2 aromatic rings. The standard InChI is InChI=1S/C24H28O2/c1-16-7-6-8-21(15-16)22(11-12-25)18(3)9-10-23(26)24-19(4)13-17(2)14-20(24)5/h6-10,12-15,18,22H,11H2,1-5H3/b10-9+. The summed E-state index contributed by atoms with van der Waals surface area (Å²) >= 11 is 0. The Morgan fingerprint density at radius 3 is 2.23 bits per heavy atom. The van der Waals surface area contributed by atoms with Gasteiger partial charge >= 0.3 is 0 Å². The van der Waals surface area contributed by atoms with E-state index in [2.05, 4.69) is 32.0 Å². The molecule has 0 saturated carbocycles. The van der Waals surface area contributed by atoms with Crippen LogP contribution in [0.1, 0.15) is 57.4 Å². The number of rotatable bonds is 7. The molecule has 0 aromatic heterocycles. The van der Waals surface area contributed by atoms with Gasteiger partial charge in [-0.25, -0.2) is 0 Å². The third-order valence-electron chi connectivity index (χ3n) is 4.93. The Morgan fingerprint density at radius 2 is 1.65 bits per heavy atom. The first kappa shape index (κ1) is 19.8. The van der Waals surface area contributed by atoms with Gasteiger partial charge in [-0.1, -0.05) is 60.5 Å². The predicted molar refractivity (Wildman–Crippen MR) is 108 cm³/mol. The van der Waals surface area contributed by atoms with Crippen LogP contribution in [0.4, 0.5) is 0 Å². The zero-order valence-corrected chi connectivity index (χ0v) is 16.4. The lowest BCUT2D eigenvalue weighted by molar-refractivity contribution is -0.108. The van der Waals surface area contributed by atoms with Gasteiger partial charge in [0.1, 0.15) is 6.29 Å². The number of hydrogen-bond donors (Lipinski definition) is 0. The molecular formula is C24H28O2. The maximum atomic E-state index is 12.7. The molecule has 0 bridgehead atoms. The van der Waals surface area contributed by atoms with Gasteiger partial charge in [0.2, 0.25) is 0 Å². The van der Waals surface area contributed by atoms with Gasteiger partial charge in [-0.15, -0.1) is 0 Å². The number of ketones is 1. The molecule has 0 saturated heterocycles. The lowest BCUT2D eigenvalue weighted by atomic mass is 9.84. The van der Waals surface area contributed by atoms with E-state index in [0.717, 1.165) is 28.5 Å². The predicted octanol–water partition coefficient (Wildman–Crippen LogP) is 5.67. The highest BCUT2D eigenvalue weighted by Crippen LogP contribution is 2.29. The lowest BCUT2D eigenvalue weighted by Gasteiger charge is -2.20. The monoisotopic (exact) mass is 348 g/mol. The van der Waals surface area contributed by atoms with E-state index in [1.807, 2.05) is 45.0 Å². The van der Waals surface area contributed by atoms with Crippen molar-refractivity contribution in [1.82, 2.24) is 0 Å². The molecule has 0 heterocycles. The average molecular weight is 348 g/mol. The normalized spacial score (nSPS) is 13.6. The molecule has 136 valence electrons. The van der Waals surface area contributed by atoms with Crippen molar-refractivity contribution < 1.29 is 9.59 Å². The topological polar surface area (TPSA) is 34.1 Å². The highest BCUT2D eigenvalue weighted by Gasteiger charge is 2.18. The van der Waals surface area contributed by atoms with Gasteiger partial charge in [0.05, 0.1) is 0 Å². The van der Waals surface area contributed by atoms with E-state index in [1.165, 1.54) is 11.1 Å². The highest BCUT2D eigenvalue weighted by atomic mass is 16.1. The van der Waals surface area contributed by atoms with Gasteiger partial charge in [-0.05, 0) is 62.3 Å². The van der Waals surface area contributed by atoms with Crippen molar-refractivity contribution in [3.05, 3.63) is 81.9 Å². The van der Waals surface area contributed by atoms with E-state index in [4.69, 9.17) is 0 Å². The summed E-state index contributed by atoms with van der Waals surface area (Å²) in [6, 6.07) is 12.3. The van der Waals surface area contributed by atoms with Gasteiger partial charge in [0.15, 0.2) is 5.78 Å². The van der Waals surface area contributed by atoms with Gasteiger partial charge in [0.25, 0.3) is 0 Å². The quantitative estimate of drug-likeness (QED) is 0.367. The molecule has 0 fully saturated rings.